The zero-order chi connectivity index (χ0) is 8.48. The molecule has 1 rings (SSSR count). The molecule has 0 aromatic heterocycles. The molecule has 0 spiro atoms. The fraction of sp³-hybridized carbons (Fsp3) is 0.143. The van der Waals surface area contributed by atoms with Crippen molar-refractivity contribution < 1.29 is 8.42 Å². The molecule has 1 aromatic carbocycles. The van der Waals surface area contributed by atoms with Crippen molar-refractivity contribution in [2.45, 2.75) is 11.8 Å². The zero-order valence-electron chi connectivity index (χ0n) is 6.11. The van der Waals surface area contributed by atoms with Gasteiger partial charge in [0.1, 0.15) is 0 Å². The number of benzene rings is 1. The highest BCUT2D eigenvalue weighted by molar-refractivity contribution is 8.37. The van der Waals surface area contributed by atoms with Crippen LogP contribution in [0.1, 0.15) is 5.56 Å². The molecular weight excluding hydrogens is 179 g/mol. The molecule has 0 aliphatic carbocycles. The van der Waals surface area contributed by atoms with Gasteiger partial charge in [0.15, 0.2) is 9.46 Å². The Kier molecular flexibility index (Phi) is 2.31. The fourth-order valence-corrected chi connectivity index (χ4v) is 1.71. The molecule has 0 bridgehead atoms. The molecule has 1 aromatic rings. The van der Waals surface area contributed by atoms with E-state index in [0.29, 0.717) is 4.90 Å². The van der Waals surface area contributed by atoms with Gasteiger partial charge < -0.3 is 0 Å². The van der Waals surface area contributed by atoms with Gasteiger partial charge in [-0.2, -0.15) is 0 Å². The molecule has 0 aliphatic rings. The average Bonchev–Trinajstić information content (AvgIpc) is 1.86. The van der Waals surface area contributed by atoms with E-state index in [9.17, 15) is 8.42 Å². The summed E-state index contributed by atoms with van der Waals surface area (Å²) in [5.74, 6) is 0. The number of aryl methyl sites for hydroxylation is 1. The van der Waals surface area contributed by atoms with Gasteiger partial charge in [0.2, 0.25) is 0 Å². The standard InChI is InChI=1S/C7H9O2PS/c1-6-2-4-7(5-3-6)11(8,9)10/h2-5H,10H2,1H3. The largest absolute Gasteiger partial charge is 0.220 e. The Morgan fingerprint density at radius 1 is 1.18 bits per heavy atom. The van der Waals surface area contributed by atoms with E-state index in [0.717, 1.165) is 5.56 Å². The van der Waals surface area contributed by atoms with Crippen molar-refractivity contribution in [1.82, 2.24) is 0 Å². The molecule has 1 unspecified atom stereocenters. The Labute approximate surface area is 68.5 Å². The smallest absolute Gasteiger partial charge is 0.189 e. The second-order valence-corrected chi connectivity index (χ2v) is 5.78. The monoisotopic (exact) mass is 188 g/mol. The Morgan fingerprint density at radius 2 is 1.64 bits per heavy atom. The van der Waals surface area contributed by atoms with Gasteiger partial charge in [-0.3, -0.25) is 0 Å². The van der Waals surface area contributed by atoms with Crippen LogP contribution in [0.15, 0.2) is 29.2 Å². The molecule has 1 atom stereocenters. The van der Waals surface area contributed by atoms with Crippen LogP contribution in [0.4, 0.5) is 0 Å². The van der Waals surface area contributed by atoms with Crippen LogP contribution in [0.25, 0.3) is 0 Å². The molecule has 0 radical (unpaired) electrons. The minimum absolute atomic E-state index is 0.341. The van der Waals surface area contributed by atoms with Crippen LogP contribution in [-0.4, -0.2) is 8.42 Å². The number of hydrogen-bond acceptors (Lipinski definition) is 2. The summed E-state index contributed by atoms with van der Waals surface area (Å²) in [4.78, 5) is 0.341. The third-order valence-corrected chi connectivity index (χ3v) is 3.10. The van der Waals surface area contributed by atoms with Gasteiger partial charge >= 0.3 is 0 Å². The molecular formula is C7H9O2PS. The lowest BCUT2D eigenvalue weighted by atomic mass is 10.2. The van der Waals surface area contributed by atoms with E-state index in [1.54, 1.807) is 24.3 Å². The minimum Gasteiger partial charge on any atom is -0.220 e. The first-order chi connectivity index (χ1) is 5.00. The van der Waals surface area contributed by atoms with Crippen LogP contribution in [-0.2, 0) is 9.46 Å². The highest BCUT2D eigenvalue weighted by Gasteiger charge is 2.04. The van der Waals surface area contributed by atoms with Crippen LogP contribution in [0, 0.1) is 6.92 Å². The van der Waals surface area contributed by atoms with Crippen molar-refractivity contribution in [2.24, 2.45) is 0 Å². The molecule has 0 fully saturated rings. The summed E-state index contributed by atoms with van der Waals surface area (Å²) in [7, 11) is -1.28. The third-order valence-electron chi connectivity index (χ3n) is 1.35. The second kappa shape index (κ2) is 2.92. The summed E-state index contributed by atoms with van der Waals surface area (Å²) in [6.07, 6.45) is 0. The van der Waals surface area contributed by atoms with Crippen molar-refractivity contribution in [3.63, 3.8) is 0 Å². The Balaban J connectivity index is 3.20. The molecule has 11 heavy (non-hydrogen) atoms. The number of rotatable bonds is 1. The second-order valence-electron chi connectivity index (χ2n) is 2.36. The average molecular weight is 188 g/mol. The van der Waals surface area contributed by atoms with E-state index in [2.05, 4.69) is 0 Å². The first kappa shape index (κ1) is 8.69. The lowest BCUT2D eigenvalue weighted by Gasteiger charge is -1.96. The van der Waals surface area contributed by atoms with Crippen molar-refractivity contribution in [2.75, 3.05) is 0 Å². The summed E-state index contributed by atoms with van der Waals surface area (Å²) in [6, 6.07) is 6.74. The molecule has 2 nitrogen and oxygen atoms in total. The Hall–Kier alpha value is -0.400. The molecule has 0 saturated heterocycles. The quantitative estimate of drug-likeness (QED) is 0.627. The maximum atomic E-state index is 10.9. The predicted octanol–water partition coefficient (Wildman–Crippen LogP) is 1.56. The van der Waals surface area contributed by atoms with E-state index in [-0.39, 0.29) is 0 Å². The highest BCUT2D eigenvalue weighted by Crippen LogP contribution is 2.16. The minimum atomic E-state index is -3.10. The van der Waals surface area contributed by atoms with Gasteiger partial charge in [-0.05, 0) is 27.5 Å². The van der Waals surface area contributed by atoms with Crippen LogP contribution in [0.3, 0.4) is 0 Å². The highest BCUT2D eigenvalue weighted by atomic mass is 32.7. The Morgan fingerprint density at radius 3 is 2.00 bits per heavy atom. The maximum absolute atomic E-state index is 10.9. The summed E-state index contributed by atoms with van der Waals surface area (Å²) >= 11 is 0. The topological polar surface area (TPSA) is 34.1 Å². The van der Waals surface area contributed by atoms with E-state index in [1.807, 2.05) is 15.4 Å². The van der Waals surface area contributed by atoms with Crippen LogP contribution < -0.4 is 0 Å². The van der Waals surface area contributed by atoms with Gasteiger partial charge in [-0.25, -0.2) is 8.42 Å². The summed E-state index contributed by atoms with van der Waals surface area (Å²) < 4.78 is 21.8. The normalized spacial score (nSPS) is 11.5. The molecule has 0 aliphatic heterocycles. The van der Waals surface area contributed by atoms with E-state index >= 15 is 0 Å². The maximum Gasteiger partial charge on any atom is 0.189 e. The van der Waals surface area contributed by atoms with Gasteiger partial charge in [-0.1, -0.05) is 17.7 Å². The first-order valence-corrected chi connectivity index (χ1v) is 6.06. The predicted molar refractivity (Wildman–Crippen MR) is 48.1 cm³/mol. The summed E-state index contributed by atoms with van der Waals surface area (Å²) in [5, 5.41) is 0. The lowest BCUT2D eigenvalue weighted by molar-refractivity contribution is 0.610. The van der Waals surface area contributed by atoms with Crippen LogP contribution in [0.2, 0.25) is 0 Å². The van der Waals surface area contributed by atoms with Gasteiger partial charge in [0.05, 0.1) is 4.90 Å². The molecule has 0 N–H and O–H groups in total. The van der Waals surface area contributed by atoms with E-state index in [4.69, 9.17) is 0 Å². The van der Waals surface area contributed by atoms with Crippen molar-refractivity contribution >= 4 is 17.9 Å². The van der Waals surface area contributed by atoms with Gasteiger partial charge in [-0.15, -0.1) is 0 Å². The van der Waals surface area contributed by atoms with Crippen molar-refractivity contribution in [1.29, 1.82) is 0 Å². The molecule has 0 saturated carbocycles. The lowest BCUT2D eigenvalue weighted by Crippen LogP contribution is -1.88. The number of hydrogen-bond donors (Lipinski definition) is 0. The SMILES string of the molecule is Cc1ccc(S(=O)(=O)P)cc1. The van der Waals surface area contributed by atoms with Crippen molar-refractivity contribution in [3.05, 3.63) is 29.8 Å². The van der Waals surface area contributed by atoms with Gasteiger partial charge in [0.25, 0.3) is 0 Å². The van der Waals surface area contributed by atoms with Crippen molar-refractivity contribution in [3.8, 4) is 0 Å². The fourth-order valence-electron chi connectivity index (χ4n) is 0.728. The van der Waals surface area contributed by atoms with Crippen LogP contribution in [0.5, 0.6) is 0 Å². The van der Waals surface area contributed by atoms with Gasteiger partial charge in [0, 0.05) is 0 Å². The molecule has 0 amide bonds. The third kappa shape index (κ3) is 2.28. The molecule has 60 valence electrons. The summed E-state index contributed by atoms with van der Waals surface area (Å²) in [6.45, 7) is 1.92. The Bertz CT molecular complexity index is 339. The molecule has 4 heteroatoms. The zero-order valence-corrected chi connectivity index (χ0v) is 8.08. The molecule has 0 heterocycles. The first-order valence-electron chi connectivity index (χ1n) is 3.09. The van der Waals surface area contributed by atoms with E-state index in [1.165, 1.54) is 0 Å². The summed E-state index contributed by atoms with van der Waals surface area (Å²) in [5.41, 5.74) is 1.06. The van der Waals surface area contributed by atoms with Crippen LogP contribution >= 0.6 is 8.44 Å². The van der Waals surface area contributed by atoms with E-state index < -0.39 is 9.46 Å².